The van der Waals surface area contributed by atoms with Gasteiger partial charge in [0, 0.05) is 6.42 Å². The minimum Gasteiger partial charge on any atom is -0.297 e. The van der Waals surface area contributed by atoms with Crippen molar-refractivity contribution in [2.24, 2.45) is 0 Å². The van der Waals surface area contributed by atoms with E-state index in [-0.39, 0.29) is 23.5 Å². The van der Waals surface area contributed by atoms with Crippen LogP contribution in [0.15, 0.2) is 35.2 Å². The summed E-state index contributed by atoms with van der Waals surface area (Å²) in [6.07, 6.45) is 3.72. The van der Waals surface area contributed by atoms with Crippen LogP contribution in [-0.2, 0) is 14.6 Å². The van der Waals surface area contributed by atoms with Gasteiger partial charge in [-0.3, -0.25) is 4.79 Å². The Morgan fingerprint density at radius 3 is 2.32 bits per heavy atom. The molecule has 0 amide bonds. The summed E-state index contributed by atoms with van der Waals surface area (Å²) in [5.41, 5.74) is 0. The highest BCUT2D eigenvalue weighted by atomic mass is 35.5. The topological polar surface area (TPSA) is 51.2 Å². The second-order valence-corrected chi connectivity index (χ2v) is 7.93. The molecule has 1 aromatic rings. The van der Waals surface area contributed by atoms with Gasteiger partial charge in [0.15, 0.2) is 5.78 Å². The van der Waals surface area contributed by atoms with Gasteiger partial charge in [-0.15, -0.1) is 0 Å². The molecule has 1 atom stereocenters. The molecule has 0 saturated heterocycles. The van der Waals surface area contributed by atoms with Crippen LogP contribution in [0.25, 0.3) is 0 Å². The van der Waals surface area contributed by atoms with E-state index >= 15 is 0 Å². The molecular formula is C14H17ClO3S. The molecule has 3 nitrogen and oxygen atoms in total. The van der Waals surface area contributed by atoms with Gasteiger partial charge in [-0.25, -0.2) is 8.42 Å². The summed E-state index contributed by atoms with van der Waals surface area (Å²) >= 11 is 6.29. The number of benzene rings is 1. The first-order chi connectivity index (χ1) is 8.98. The molecule has 0 aromatic heterocycles. The molecule has 1 saturated carbocycles. The number of hydrogen-bond acceptors (Lipinski definition) is 3. The van der Waals surface area contributed by atoms with Gasteiger partial charge in [0.05, 0.1) is 4.90 Å². The van der Waals surface area contributed by atoms with Crippen molar-refractivity contribution in [1.29, 1.82) is 0 Å². The average Bonchev–Trinajstić information content (AvgIpc) is 2.41. The lowest BCUT2D eigenvalue weighted by molar-refractivity contribution is -0.120. The fourth-order valence-electron chi connectivity index (χ4n) is 2.39. The Morgan fingerprint density at radius 1 is 1.00 bits per heavy atom. The number of ketones is 1. The van der Waals surface area contributed by atoms with Crippen molar-refractivity contribution in [2.45, 2.75) is 47.6 Å². The summed E-state index contributed by atoms with van der Waals surface area (Å²) < 4.78 is 23.5. The molecular weight excluding hydrogens is 284 g/mol. The number of carbonyl (C=O) groups is 1. The first-order valence-corrected chi connectivity index (χ1v) is 8.36. The third-order valence-electron chi connectivity index (χ3n) is 3.55. The highest BCUT2D eigenvalue weighted by Crippen LogP contribution is 2.38. The third-order valence-corrected chi connectivity index (χ3v) is 6.73. The minimum absolute atomic E-state index is 0.124. The van der Waals surface area contributed by atoms with E-state index in [4.69, 9.17) is 11.6 Å². The molecule has 19 heavy (non-hydrogen) atoms. The highest BCUT2D eigenvalue weighted by Gasteiger charge is 2.48. The number of carbonyl (C=O) groups excluding carboxylic acids is 1. The lowest BCUT2D eigenvalue weighted by Crippen LogP contribution is -2.41. The van der Waals surface area contributed by atoms with Gasteiger partial charge in [-0.1, -0.05) is 49.1 Å². The molecule has 2 rings (SSSR count). The van der Waals surface area contributed by atoms with E-state index in [1.54, 1.807) is 18.2 Å². The number of halogens is 1. The molecule has 0 heterocycles. The zero-order chi connectivity index (χ0) is 13.9. The van der Waals surface area contributed by atoms with Crippen LogP contribution in [0, 0.1) is 0 Å². The monoisotopic (exact) mass is 300 g/mol. The Kier molecular flexibility index (Phi) is 4.31. The largest absolute Gasteiger partial charge is 0.297 e. The van der Waals surface area contributed by atoms with Gasteiger partial charge in [-0.2, -0.15) is 0 Å². The summed E-state index contributed by atoms with van der Waals surface area (Å²) in [6.45, 7) is 0. The molecule has 1 aromatic carbocycles. The van der Waals surface area contributed by atoms with Crippen LogP contribution in [0.3, 0.4) is 0 Å². The van der Waals surface area contributed by atoms with E-state index in [0.29, 0.717) is 6.42 Å². The molecule has 0 aliphatic heterocycles. The van der Waals surface area contributed by atoms with E-state index in [2.05, 4.69) is 0 Å². The van der Waals surface area contributed by atoms with Crippen LogP contribution in [0.4, 0.5) is 0 Å². The van der Waals surface area contributed by atoms with Crippen LogP contribution in [0.2, 0.25) is 0 Å². The van der Waals surface area contributed by atoms with Crippen molar-refractivity contribution in [3.05, 3.63) is 30.3 Å². The standard InChI is InChI=1S/C14H17ClO3S/c15-14(11-7-2-1-6-10-13(14)16)19(17,18)12-8-4-3-5-9-12/h3-5,8-9H,1-2,6-7,10-11H2. The molecule has 1 fully saturated rings. The third kappa shape index (κ3) is 2.70. The van der Waals surface area contributed by atoms with Gasteiger partial charge >= 0.3 is 0 Å². The Balaban J connectivity index is 2.43. The van der Waals surface area contributed by atoms with Crippen molar-refractivity contribution >= 4 is 27.2 Å². The van der Waals surface area contributed by atoms with E-state index in [0.717, 1.165) is 19.3 Å². The fourth-order valence-corrected chi connectivity index (χ4v) is 4.59. The molecule has 0 bridgehead atoms. The van der Waals surface area contributed by atoms with Crippen LogP contribution in [0.1, 0.15) is 38.5 Å². The van der Waals surface area contributed by atoms with Crippen LogP contribution >= 0.6 is 11.6 Å². The molecule has 0 radical (unpaired) electrons. The summed E-state index contributed by atoms with van der Waals surface area (Å²) in [4.78, 5) is 12.3. The van der Waals surface area contributed by atoms with Crippen molar-refractivity contribution in [3.63, 3.8) is 0 Å². The van der Waals surface area contributed by atoms with Crippen molar-refractivity contribution in [2.75, 3.05) is 0 Å². The average molecular weight is 301 g/mol. The highest BCUT2D eigenvalue weighted by molar-refractivity contribution is 7.95. The Bertz CT molecular complexity index is 553. The maximum absolute atomic E-state index is 12.6. The first-order valence-electron chi connectivity index (χ1n) is 6.50. The smallest absolute Gasteiger partial charge is 0.207 e. The van der Waals surface area contributed by atoms with Gasteiger partial charge in [-0.05, 0) is 25.0 Å². The maximum Gasteiger partial charge on any atom is 0.207 e. The SMILES string of the molecule is O=C1CCCCCCC1(Cl)S(=O)(=O)c1ccccc1. The van der Waals surface area contributed by atoms with E-state index in [1.165, 1.54) is 12.1 Å². The summed E-state index contributed by atoms with van der Waals surface area (Å²) in [7, 11) is -3.83. The van der Waals surface area contributed by atoms with Gasteiger partial charge in [0.1, 0.15) is 0 Å². The van der Waals surface area contributed by atoms with Crippen molar-refractivity contribution in [3.8, 4) is 0 Å². The molecule has 0 spiro atoms. The lowest BCUT2D eigenvalue weighted by atomic mass is 9.99. The quantitative estimate of drug-likeness (QED) is 0.787. The van der Waals surface area contributed by atoms with Crippen LogP contribution < -0.4 is 0 Å². The van der Waals surface area contributed by atoms with E-state index in [9.17, 15) is 13.2 Å². The van der Waals surface area contributed by atoms with E-state index < -0.39 is 14.0 Å². The zero-order valence-corrected chi connectivity index (χ0v) is 12.2. The van der Waals surface area contributed by atoms with Gasteiger partial charge in [0.25, 0.3) is 0 Å². The van der Waals surface area contributed by atoms with Gasteiger partial charge < -0.3 is 0 Å². The Hall–Kier alpha value is -0.870. The second-order valence-electron chi connectivity index (χ2n) is 4.88. The van der Waals surface area contributed by atoms with Crippen molar-refractivity contribution in [1.82, 2.24) is 0 Å². The predicted octanol–water partition coefficient (Wildman–Crippen LogP) is 3.32. The molecule has 0 N–H and O–H groups in total. The first kappa shape index (κ1) is 14.5. The molecule has 1 unspecified atom stereocenters. The van der Waals surface area contributed by atoms with Crippen LogP contribution in [0.5, 0.6) is 0 Å². The summed E-state index contributed by atoms with van der Waals surface area (Å²) in [6, 6.07) is 8.00. The zero-order valence-electron chi connectivity index (χ0n) is 10.6. The van der Waals surface area contributed by atoms with Crippen molar-refractivity contribution < 1.29 is 13.2 Å². The molecule has 104 valence electrons. The second kappa shape index (κ2) is 5.63. The predicted molar refractivity (Wildman–Crippen MR) is 74.9 cm³/mol. The minimum atomic E-state index is -3.83. The van der Waals surface area contributed by atoms with Gasteiger partial charge in [0.2, 0.25) is 14.0 Å². The lowest BCUT2D eigenvalue weighted by Gasteiger charge is -2.27. The Morgan fingerprint density at radius 2 is 1.63 bits per heavy atom. The van der Waals surface area contributed by atoms with E-state index in [1.807, 2.05) is 0 Å². The normalized spacial score (nSPS) is 25.6. The summed E-state index contributed by atoms with van der Waals surface area (Å²) in [5, 5.41) is 0. The maximum atomic E-state index is 12.6. The molecule has 5 heteroatoms. The number of sulfone groups is 1. The molecule has 1 aliphatic rings. The molecule has 1 aliphatic carbocycles. The number of hydrogen-bond donors (Lipinski definition) is 0. The number of Topliss-reactive ketones (excluding diaryl/α,β-unsaturated/α-hetero) is 1. The fraction of sp³-hybridized carbons (Fsp3) is 0.500. The number of alkyl halides is 1. The summed E-state index contributed by atoms with van der Waals surface area (Å²) in [5.74, 6) is -0.363. The number of rotatable bonds is 2. The Labute approximate surface area is 118 Å². The van der Waals surface area contributed by atoms with Crippen LogP contribution in [-0.4, -0.2) is 18.4 Å².